The van der Waals surface area contributed by atoms with Crippen LogP contribution in [0.5, 0.6) is 0 Å². The number of nitrogens with one attached hydrogen (secondary N) is 1. The Morgan fingerprint density at radius 3 is 2.48 bits per heavy atom. The molecule has 2 rings (SSSR count). The minimum Gasteiger partial charge on any atom is -0.481 e. The van der Waals surface area contributed by atoms with Crippen LogP contribution in [0.2, 0.25) is 5.02 Å². The molecule has 23 heavy (non-hydrogen) atoms. The van der Waals surface area contributed by atoms with Crippen molar-refractivity contribution >= 4 is 23.6 Å². The molecule has 0 radical (unpaired) electrons. The van der Waals surface area contributed by atoms with Crippen molar-refractivity contribution in [2.45, 2.75) is 32.1 Å². The largest absolute Gasteiger partial charge is 0.481 e. The van der Waals surface area contributed by atoms with Gasteiger partial charge < -0.3 is 15.3 Å². The lowest BCUT2D eigenvalue weighted by atomic mass is 9.84. The molecule has 1 aromatic carbocycles. The molecule has 6 heteroatoms. The average molecular weight is 339 g/mol. The molecule has 1 saturated heterocycles. The first-order valence-electron chi connectivity index (χ1n) is 7.82. The third-order valence-corrected chi connectivity index (χ3v) is 4.75. The average Bonchev–Trinajstić information content (AvgIpc) is 2.53. The third-order valence-electron chi connectivity index (χ3n) is 4.42. The van der Waals surface area contributed by atoms with Crippen molar-refractivity contribution in [2.24, 2.45) is 5.92 Å². The second kappa shape index (κ2) is 7.21. The van der Waals surface area contributed by atoms with E-state index in [4.69, 9.17) is 16.7 Å². The van der Waals surface area contributed by atoms with Crippen LogP contribution in [0.25, 0.3) is 0 Å². The fraction of sp³-hybridized carbons (Fsp3) is 0.529. The van der Waals surface area contributed by atoms with Gasteiger partial charge in [-0.2, -0.15) is 0 Å². The Morgan fingerprint density at radius 1 is 1.30 bits per heavy atom. The number of amides is 2. The molecule has 126 valence electrons. The van der Waals surface area contributed by atoms with Gasteiger partial charge in [0.2, 0.25) is 0 Å². The van der Waals surface area contributed by atoms with E-state index >= 15 is 0 Å². The minimum atomic E-state index is -0.773. The first-order chi connectivity index (χ1) is 10.8. The lowest BCUT2D eigenvalue weighted by Gasteiger charge is -2.32. The molecule has 2 N–H and O–H groups in total. The van der Waals surface area contributed by atoms with Gasteiger partial charge in [0.1, 0.15) is 0 Å². The summed E-state index contributed by atoms with van der Waals surface area (Å²) in [6.45, 7) is 5.50. The predicted molar refractivity (Wildman–Crippen MR) is 89.8 cm³/mol. The van der Waals surface area contributed by atoms with E-state index in [9.17, 15) is 9.59 Å². The first kappa shape index (κ1) is 17.6. The topological polar surface area (TPSA) is 69.6 Å². The van der Waals surface area contributed by atoms with Crippen LogP contribution in [0, 0.1) is 5.92 Å². The molecule has 0 spiro atoms. The number of urea groups is 1. The number of carbonyl (C=O) groups excluding carboxylic acids is 1. The van der Waals surface area contributed by atoms with Crippen LogP contribution in [0.15, 0.2) is 24.3 Å². The van der Waals surface area contributed by atoms with Crippen LogP contribution in [0.4, 0.5) is 4.79 Å². The zero-order chi connectivity index (χ0) is 17.0. The molecule has 1 aliphatic rings. The molecule has 0 atom stereocenters. The van der Waals surface area contributed by atoms with Crippen LogP contribution in [-0.2, 0) is 10.2 Å². The summed E-state index contributed by atoms with van der Waals surface area (Å²) in [5.74, 6) is -1.11. The van der Waals surface area contributed by atoms with Crippen LogP contribution in [-0.4, -0.2) is 41.6 Å². The van der Waals surface area contributed by atoms with Gasteiger partial charge in [0, 0.05) is 30.1 Å². The van der Waals surface area contributed by atoms with Gasteiger partial charge in [-0.1, -0.05) is 43.6 Å². The van der Waals surface area contributed by atoms with Crippen LogP contribution in [0.1, 0.15) is 32.3 Å². The van der Waals surface area contributed by atoms with Gasteiger partial charge >= 0.3 is 12.0 Å². The molecule has 0 aromatic heterocycles. The number of carboxylic acids is 1. The van der Waals surface area contributed by atoms with Crippen molar-refractivity contribution in [2.75, 3.05) is 19.6 Å². The Balaban J connectivity index is 1.89. The van der Waals surface area contributed by atoms with E-state index in [1.807, 2.05) is 38.1 Å². The van der Waals surface area contributed by atoms with Gasteiger partial charge in [-0.3, -0.25) is 4.79 Å². The maximum absolute atomic E-state index is 12.3. The Hall–Kier alpha value is -1.75. The van der Waals surface area contributed by atoms with E-state index in [0.29, 0.717) is 37.5 Å². The predicted octanol–water partition coefficient (Wildman–Crippen LogP) is 3.12. The molecule has 1 fully saturated rings. The highest BCUT2D eigenvalue weighted by atomic mass is 35.5. The monoisotopic (exact) mass is 338 g/mol. The molecule has 0 bridgehead atoms. The summed E-state index contributed by atoms with van der Waals surface area (Å²) in [6, 6.07) is 7.48. The summed E-state index contributed by atoms with van der Waals surface area (Å²) in [5.41, 5.74) is 0.708. The quantitative estimate of drug-likeness (QED) is 0.886. The molecule has 1 heterocycles. The number of aliphatic carboxylic acids is 1. The van der Waals surface area contributed by atoms with Gasteiger partial charge in [0.05, 0.1) is 5.92 Å². The Labute approximate surface area is 141 Å². The second-order valence-corrected chi connectivity index (χ2v) is 7.03. The van der Waals surface area contributed by atoms with Gasteiger partial charge in [-0.25, -0.2) is 4.79 Å². The van der Waals surface area contributed by atoms with Gasteiger partial charge in [0.25, 0.3) is 0 Å². The summed E-state index contributed by atoms with van der Waals surface area (Å²) < 4.78 is 0. The van der Waals surface area contributed by atoms with Crippen molar-refractivity contribution in [1.82, 2.24) is 10.2 Å². The molecular weight excluding hydrogens is 316 g/mol. The lowest BCUT2D eigenvalue weighted by Crippen LogP contribution is -2.48. The highest BCUT2D eigenvalue weighted by Gasteiger charge is 2.29. The number of benzene rings is 1. The Morgan fingerprint density at radius 2 is 1.91 bits per heavy atom. The highest BCUT2D eigenvalue weighted by molar-refractivity contribution is 6.31. The van der Waals surface area contributed by atoms with E-state index in [0.717, 1.165) is 5.56 Å². The summed E-state index contributed by atoms with van der Waals surface area (Å²) in [7, 11) is 0. The van der Waals surface area contributed by atoms with E-state index in [-0.39, 0.29) is 17.4 Å². The van der Waals surface area contributed by atoms with Crippen molar-refractivity contribution in [3.8, 4) is 0 Å². The number of rotatable bonds is 4. The summed E-state index contributed by atoms with van der Waals surface area (Å²) in [4.78, 5) is 24.9. The fourth-order valence-corrected chi connectivity index (χ4v) is 3.23. The number of likely N-dealkylation sites (tertiary alicyclic amines) is 1. The second-order valence-electron chi connectivity index (χ2n) is 6.62. The summed E-state index contributed by atoms with van der Waals surface area (Å²) >= 11 is 6.24. The Bertz CT molecular complexity index is 581. The normalized spacial score (nSPS) is 16.2. The summed E-state index contributed by atoms with van der Waals surface area (Å²) in [6.07, 6.45) is 1.02. The zero-order valence-electron chi connectivity index (χ0n) is 13.5. The zero-order valence-corrected chi connectivity index (χ0v) is 14.3. The SMILES string of the molecule is CC(C)(CNC(=O)N1CCC(C(=O)O)CC1)c1ccccc1Cl. The van der Waals surface area contributed by atoms with Crippen LogP contribution in [0.3, 0.4) is 0 Å². The number of piperidine rings is 1. The maximum atomic E-state index is 12.3. The maximum Gasteiger partial charge on any atom is 0.317 e. The van der Waals surface area contributed by atoms with Crippen LogP contribution >= 0.6 is 11.6 Å². The highest BCUT2D eigenvalue weighted by Crippen LogP contribution is 2.29. The van der Waals surface area contributed by atoms with Crippen LogP contribution < -0.4 is 5.32 Å². The first-order valence-corrected chi connectivity index (χ1v) is 8.19. The van der Waals surface area contributed by atoms with Crippen molar-refractivity contribution in [1.29, 1.82) is 0 Å². The van der Waals surface area contributed by atoms with Crippen molar-refractivity contribution < 1.29 is 14.7 Å². The number of hydrogen-bond donors (Lipinski definition) is 2. The van der Waals surface area contributed by atoms with E-state index in [1.165, 1.54) is 0 Å². The van der Waals surface area contributed by atoms with E-state index in [2.05, 4.69) is 5.32 Å². The van der Waals surface area contributed by atoms with Gasteiger partial charge in [-0.15, -0.1) is 0 Å². The molecule has 2 amide bonds. The standard InChI is InChI=1S/C17H23ClN2O3/c1-17(2,13-5-3-4-6-14(13)18)11-19-16(23)20-9-7-12(8-10-20)15(21)22/h3-6,12H,7-11H2,1-2H3,(H,19,23)(H,21,22). The van der Waals surface area contributed by atoms with E-state index < -0.39 is 5.97 Å². The number of carbonyl (C=O) groups is 2. The molecule has 5 nitrogen and oxygen atoms in total. The smallest absolute Gasteiger partial charge is 0.317 e. The molecular formula is C17H23ClN2O3. The van der Waals surface area contributed by atoms with Gasteiger partial charge in [0.15, 0.2) is 0 Å². The van der Waals surface area contributed by atoms with Crippen molar-refractivity contribution in [3.63, 3.8) is 0 Å². The molecule has 0 saturated carbocycles. The molecule has 0 unspecified atom stereocenters. The van der Waals surface area contributed by atoms with E-state index in [1.54, 1.807) is 4.90 Å². The number of carboxylic acid groups (broad SMARTS) is 1. The fourth-order valence-electron chi connectivity index (χ4n) is 2.84. The minimum absolute atomic E-state index is 0.144. The molecule has 1 aromatic rings. The molecule has 1 aliphatic heterocycles. The number of nitrogens with zero attached hydrogens (tertiary/aromatic N) is 1. The molecule has 0 aliphatic carbocycles. The number of halogens is 1. The van der Waals surface area contributed by atoms with Crippen molar-refractivity contribution in [3.05, 3.63) is 34.9 Å². The Kier molecular flexibility index (Phi) is 5.52. The van der Waals surface area contributed by atoms with Gasteiger partial charge in [-0.05, 0) is 24.5 Å². The summed E-state index contributed by atoms with van der Waals surface area (Å²) in [5, 5.41) is 12.6. The lowest BCUT2D eigenvalue weighted by molar-refractivity contribution is -0.143. The number of hydrogen-bond acceptors (Lipinski definition) is 2. The third kappa shape index (κ3) is 4.38.